The number of hydrogen-bond acceptors (Lipinski definition) is 4. The molecule has 0 radical (unpaired) electrons. The quantitative estimate of drug-likeness (QED) is 0.0469. The minimum Gasteiger partial charge on any atom is -0.493 e. The summed E-state index contributed by atoms with van der Waals surface area (Å²) in [7, 11) is 0. The first-order valence-electron chi connectivity index (χ1n) is 19.4. The first-order valence-corrected chi connectivity index (χ1v) is 20.3. The second-order valence-electron chi connectivity index (χ2n) is 13.6. The fourth-order valence-corrected chi connectivity index (χ4v) is 6.19. The molecule has 278 valence electrons. The maximum atomic E-state index is 6.50. The Balaban J connectivity index is 1.37. The monoisotopic (exact) mass is 750 g/mol. The molecule has 5 aromatic rings. The van der Waals surface area contributed by atoms with Crippen molar-refractivity contribution < 1.29 is 9.47 Å². The van der Waals surface area contributed by atoms with Crippen LogP contribution in [-0.4, -0.2) is 13.2 Å². The highest BCUT2D eigenvalue weighted by atomic mass is 32.1. The van der Waals surface area contributed by atoms with Crippen LogP contribution in [0.3, 0.4) is 0 Å². The van der Waals surface area contributed by atoms with Crippen LogP contribution in [0.2, 0.25) is 0 Å². The summed E-state index contributed by atoms with van der Waals surface area (Å²) in [6, 6.07) is 37.9. The average Bonchev–Trinajstić information content (AvgIpc) is 3.20. The maximum Gasteiger partial charge on any atom is 0.127 e. The summed E-state index contributed by atoms with van der Waals surface area (Å²) in [5.74, 6) is 1.75. The Morgan fingerprint density at radius 2 is 0.648 bits per heavy atom. The van der Waals surface area contributed by atoms with Crippen molar-refractivity contribution in [3.05, 3.63) is 154 Å². The fraction of sp³-hybridized carbons (Fsp3) is 0.240. The van der Waals surface area contributed by atoms with Crippen LogP contribution in [0.1, 0.15) is 110 Å². The van der Waals surface area contributed by atoms with E-state index in [9.17, 15) is 0 Å². The molecule has 5 aromatic carbocycles. The van der Waals surface area contributed by atoms with Crippen LogP contribution >= 0.6 is 25.3 Å². The molecule has 0 bridgehead atoms. The lowest BCUT2D eigenvalue weighted by molar-refractivity contribution is 0.296. The first kappa shape index (κ1) is 40.5. The average molecular weight is 751 g/mol. The van der Waals surface area contributed by atoms with Crippen molar-refractivity contribution in [2.24, 2.45) is 0 Å². The van der Waals surface area contributed by atoms with Gasteiger partial charge in [0.25, 0.3) is 0 Å². The number of hydrogen-bond donors (Lipinski definition) is 2. The predicted octanol–water partition coefficient (Wildman–Crippen LogP) is 14.9. The van der Waals surface area contributed by atoms with E-state index in [4.69, 9.17) is 9.47 Å². The van der Waals surface area contributed by atoms with Crippen molar-refractivity contribution in [3.63, 3.8) is 0 Å². The molecule has 0 atom stereocenters. The van der Waals surface area contributed by atoms with E-state index < -0.39 is 0 Å². The molecule has 0 aliphatic heterocycles. The standard InChI is InChI=1S/C50H54O2S2/c1-3-5-7-9-35-51-49-37-46(30-24-42-19-13-40(14-20-42)16-22-44-27-33-48(54)34-28-44)50(52-36-10-8-6-4-2)38-45(49)29-23-41-17-11-39(12-18-41)15-21-43-25-31-47(53)32-26-43/h11-34,37-38,53-54H,3-10,35-36H2,1-2H3/b21-15+,22-16+,29-23+,30-24+. The Bertz CT molecular complexity index is 1820. The van der Waals surface area contributed by atoms with Gasteiger partial charge in [0.15, 0.2) is 0 Å². The number of ether oxygens (including phenoxy) is 2. The van der Waals surface area contributed by atoms with Gasteiger partial charge in [-0.05, 0) is 82.6 Å². The van der Waals surface area contributed by atoms with Crippen LogP contribution in [0, 0.1) is 0 Å². The molecule has 2 nitrogen and oxygen atoms in total. The zero-order valence-electron chi connectivity index (χ0n) is 31.8. The van der Waals surface area contributed by atoms with Crippen molar-refractivity contribution in [2.45, 2.75) is 75.0 Å². The van der Waals surface area contributed by atoms with Crippen molar-refractivity contribution >= 4 is 73.9 Å². The van der Waals surface area contributed by atoms with Gasteiger partial charge in [0.1, 0.15) is 11.5 Å². The zero-order chi connectivity index (χ0) is 37.8. The molecule has 0 aromatic heterocycles. The molecule has 0 fully saturated rings. The van der Waals surface area contributed by atoms with Gasteiger partial charge in [0.2, 0.25) is 0 Å². The molecular formula is C50H54O2S2. The molecular weight excluding hydrogens is 697 g/mol. The number of thiol groups is 2. The lowest BCUT2D eigenvalue weighted by atomic mass is 10.0. The molecule has 0 spiro atoms. The van der Waals surface area contributed by atoms with E-state index in [0.717, 1.165) is 78.6 Å². The molecule has 5 rings (SSSR count). The van der Waals surface area contributed by atoms with Crippen molar-refractivity contribution in [1.29, 1.82) is 0 Å². The first-order chi connectivity index (χ1) is 26.5. The van der Waals surface area contributed by atoms with Crippen LogP contribution in [0.15, 0.2) is 119 Å². The Morgan fingerprint density at radius 3 is 0.944 bits per heavy atom. The van der Waals surface area contributed by atoms with Crippen molar-refractivity contribution in [3.8, 4) is 11.5 Å². The summed E-state index contributed by atoms with van der Waals surface area (Å²) in [5, 5.41) is 0. The Morgan fingerprint density at radius 1 is 0.370 bits per heavy atom. The van der Waals surface area contributed by atoms with Crippen LogP contribution in [0.5, 0.6) is 11.5 Å². The van der Waals surface area contributed by atoms with Gasteiger partial charge in [0, 0.05) is 20.9 Å². The summed E-state index contributed by atoms with van der Waals surface area (Å²) in [4.78, 5) is 1.93. The third-order valence-electron chi connectivity index (χ3n) is 9.16. The molecule has 0 N–H and O–H groups in total. The van der Waals surface area contributed by atoms with E-state index in [0.29, 0.717) is 13.2 Å². The summed E-state index contributed by atoms with van der Waals surface area (Å²) in [5.41, 5.74) is 8.89. The lowest BCUT2D eigenvalue weighted by Gasteiger charge is -2.15. The molecule has 54 heavy (non-hydrogen) atoms. The Labute approximate surface area is 335 Å². The highest BCUT2D eigenvalue weighted by Gasteiger charge is 2.11. The van der Waals surface area contributed by atoms with E-state index in [2.05, 4.69) is 173 Å². The summed E-state index contributed by atoms with van der Waals surface area (Å²) in [6.07, 6.45) is 26.4. The highest BCUT2D eigenvalue weighted by Crippen LogP contribution is 2.33. The number of benzene rings is 5. The van der Waals surface area contributed by atoms with Gasteiger partial charge in [-0.2, -0.15) is 0 Å². The molecule has 0 saturated carbocycles. The topological polar surface area (TPSA) is 18.5 Å². The van der Waals surface area contributed by atoms with Crippen LogP contribution in [0.25, 0.3) is 48.6 Å². The summed E-state index contributed by atoms with van der Waals surface area (Å²) in [6.45, 7) is 5.85. The molecule has 0 unspecified atom stereocenters. The van der Waals surface area contributed by atoms with Gasteiger partial charge in [-0.15, -0.1) is 25.3 Å². The van der Waals surface area contributed by atoms with Crippen LogP contribution < -0.4 is 9.47 Å². The summed E-state index contributed by atoms with van der Waals surface area (Å²) >= 11 is 8.78. The third-order valence-corrected chi connectivity index (χ3v) is 9.76. The van der Waals surface area contributed by atoms with Crippen LogP contribution in [-0.2, 0) is 0 Å². The lowest BCUT2D eigenvalue weighted by Crippen LogP contribution is -2.03. The van der Waals surface area contributed by atoms with E-state index in [1.54, 1.807) is 0 Å². The third kappa shape index (κ3) is 14.0. The molecule has 0 amide bonds. The van der Waals surface area contributed by atoms with Crippen molar-refractivity contribution in [2.75, 3.05) is 13.2 Å². The minimum atomic E-state index is 0.687. The van der Waals surface area contributed by atoms with Crippen molar-refractivity contribution in [1.82, 2.24) is 0 Å². The Kier molecular flexibility index (Phi) is 16.9. The van der Waals surface area contributed by atoms with E-state index in [-0.39, 0.29) is 0 Å². The smallest absolute Gasteiger partial charge is 0.127 e. The number of unbranched alkanes of at least 4 members (excludes halogenated alkanes) is 6. The van der Waals surface area contributed by atoms with E-state index >= 15 is 0 Å². The molecule has 0 heterocycles. The fourth-order valence-electron chi connectivity index (χ4n) is 5.89. The van der Waals surface area contributed by atoms with Gasteiger partial charge in [-0.3, -0.25) is 0 Å². The minimum absolute atomic E-state index is 0.687. The van der Waals surface area contributed by atoms with E-state index in [1.807, 2.05) is 24.3 Å². The van der Waals surface area contributed by atoms with Crippen LogP contribution in [0.4, 0.5) is 0 Å². The van der Waals surface area contributed by atoms with E-state index in [1.165, 1.54) is 38.5 Å². The summed E-state index contributed by atoms with van der Waals surface area (Å²) < 4.78 is 13.0. The second kappa shape index (κ2) is 22.5. The highest BCUT2D eigenvalue weighted by molar-refractivity contribution is 7.80. The molecule has 0 saturated heterocycles. The number of rotatable bonds is 20. The Hall–Kier alpha value is -4.64. The normalized spacial score (nSPS) is 11.8. The molecule has 4 heteroatoms. The maximum absolute atomic E-state index is 6.50. The van der Waals surface area contributed by atoms with Gasteiger partial charge >= 0.3 is 0 Å². The predicted molar refractivity (Wildman–Crippen MR) is 242 cm³/mol. The zero-order valence-corrected chi connectivity index (χ0v) is 33.6. The SMILES string of the molecule is CCCCCCOc1cc(/C=C/c2ccc(/C=C/c3ccc(S)cc3)cc2)c(OCCCCCC)cc1/C=C/c1ccc(/C=C/c2ccc(S)cc2)cc1. The van der Waals surface area contributed by atoms with Gasteiger partial charge in [-0.25, -0.2) is 0 Å². The largest absolute Gasteiger partial charge is 0.493 e. The van der Waals surface area contributed by atoms with Gasteiger partial charge in [0.05, 0.1) is 13.2 Å². The van der Waals surface area contributed by atoms with Gasteiger partial charge in [-0.1, -0.05) is 174 Å². The molecule has 0 aliphatic rings. The molecule has 0 aliphatic carbocycles. The second-order valence-corrected chi connectivity index (χ2v) is 14.6. The van der Waals surface area contributed by atoms with Gasteiger partial charge < -0.3 is 9.47 Å².